The highest BCUT2D eigenvalue weighted by atomic mass is 16.2. The average molecular weight is 256 g/mol. The number of carbonyl (C=O) groups excluding carboxylic acids is 2. The van der Waals surface area contributed by atoms with Gasteiger partial charge in [-0.15, -0.1) is 5.10 Å². The number of aryl methyl sites for hydroxylation is 1. The highest BCUT2D eigenvalue weighted by Crippen LogP contribution is 2.15. The van der Waals surface area contributed by atoms with E-state index in [1.54, 1.807) is 43.3 Å². The van der Waals surface area contributed by atoms with Crippen LogP contribution in [-0.2, 0) is 0 Å². The summed E-state index contributed by atoms with van der Waals surface area (Å²) in [6.07, 6.45) is 0. The molecule has 1 aromatic carbocycles. The Kier molecular flexibility index (Phi) is 3.51. The number of para-hydroxylation sites is 1. The van der Waals surface area contributed by atoms with Gasteiger partial charge in [-0.2, -0.15) is 5.10 Å². The van der Waals surface area contributed by atoms with Gasteiger partial charge in [0.05, 0.1) is 16.9 Å². The second-order valence-electron chi connectivity index (χ2n) is 3.92. The van der Waals surface area contributed by atoms with E-state index in [-0.39, 0.29) is 11.3 Å². The largest absolute Gasteiger partial charge is 0.366 e. The summed E-state index contributed by atoms with van der Waals surface area (Å²) in [7, 11) is 0. The van der Waals surface area contributed by atoms with E-state index in [0.29, 0.717) is 11.4 Å². The van der Waals surface area contributed by atoms with Gasteiger partial charge in [0.25, 0.3) is 11.8 Å². The quantitative estimate of drug-likeness (QED) is 0.860. The first kappa shape index (κ1) is 12.7. The van der Waals surface area contributed by atoms with Crippen molar-refractivity contribution < 1.29 is 9.59 Å². The number of hydrogen-bond acceptors (Lipinski definition) is 4. The molecule has 0 spiro atoms. The molecular weight excluding hydrogens is 244 g/mol. The molecular formula is C13H12N4O2. The molecule has 0 unspecified atom stereocenters. The molecule has 96 valence electrons. The lowest BCUT2D eigenvalue weighted by Crippen LogP contribution is -2.19. The minimum atomic E-state index is -0.606. The van der Waals surface area contributed by atoms with E-state index >= 15 is 0 Å². The minimum absolute atomic E-state index is 0.171. The van der Waals surface area contributed by atoms with Gasteiger partial charge in [-0.3, -0.25) is 9.59 Å². The Morgan fingerprint density at radius 1 is 1.11 bits per heavy atom. The fraction of sp³-hybridized carbons (Fsp3) is 0.0769. The van der Waals surface area contributed by atoms with Gasteiger partial charge in [-0.1, -0.05) is 12.1 Å². The molecule has 0 aliphatic rings. The summed E-state index contributed by atoms with van der Waals surface area (Å²) in [6, 6.07) is 9.75. The predicted octanol–water partition coefficient (Wildman–Crippen LogP) is 1.14. The second-order valence-corrected chi connectivity index (χ2v) is 3.92. The molecule has 3 N–H and O–H groups in total. The maximum absolute atomic E-state index is 11.9. The third kappa shape index (κ3) is 2.92. The van der Waals surface area contributed by atoms with Crippen LogP contribution in [0, 0.1) is 6.92 Å². The summed E-state index contributed by atoms with van der Waals surface area (Å²) in [5.74, 6) is -1.05. The first-order valence-corrected chi connectivity index (χ1v) is 5.58. The highest BCUT2D eigenvalue weighted by Gasteiger charge is 2.12. The van der Waals surface area contributed by atoms with Crippen molar-refractivity contribution in [3.63, 3.8) is 0 Å². The molecule has 2 amide bonds. The first-order chi connectivity index (χ1) is 9.08. The number of nitrogens with zero attached hydrogens (tertiary/aromatic N) is 2. The molecule has 19 heavy (non-hydrogen) atoms. The van der Waals surface area contributed by atoms with Crippen molar-refractivity contribution in [2.75, 3.05) is 5.32 Å². The molecule has 0 saturated carbocycles. The molecule has 1 heterocycles. The van der Waals surface area contributed by atoms with Crippen LogP contribution in [0.4, 0.5) is 5.69 Å². The molecule has 0 bridgehead atoms. The SMILES string of the molecule is Cc1ccc(C(=O)Nc2ccccc2C(N)=O)nn1. The first-order valence-electron chi connectivity index (χ1n) is 5.58. The number of rotatable bonds is 3. The molecule has 0 radical (unpaired) electrons. The van der Waals surface area contributed by atoms with Gasteiger partial charge in [0.1, 0.15) is 0 Å². The number of anilines is 1. The fourth-order valence-corrected chi connectivity index (χ4v) is 1.51. The number of aromatic nitrogens is 2. The number of amides is 2. The lowest BCUT2D eigenvalue weighted by Gasteiger charge is -2.07. The second kappa shape index (κ2) is 5.26. The van der Waals surface area contributed by atoms with E-state index in [9.17, 15) is 9.59 Å². The molecule has 6 heteroatoms. The third-order valence-corrected chi connectivity index (χ3v) is 2.47. The monoisotopic (exact) mass is 256 g/mol. The number of primary amides is 1. The number of hydrogen-bond donors (Lipinski definition) is 2. The average Bonchev–Trinajstić information content (AvgIpc) is 2.39. The number of benzene rings is 1. The number of carbonyl (C=O) groups is 2. The van der Waals surface area contributed by atoms with Gasteiger partial charge < -0.3 is 11.1 Å². The summed E-state index contributed by atoms with van der Waals surface area (Å²) in [4.78, 5) is 23.2. The van der Waals surface area contributed by atoms with Crippen LogP contribution < -0.4 is 11.1 Å². The standard InChI is InChI=1S/C13H12N4O2/c1-8-6-7-11(17-16-8)13(19)15-10-5-3-2-4-9(10)12(14)18/h2-7H,1H3,(H2,14,18)(H,15,19). The van der Waals surface area contributed by atoms with Crippen LogP contribution in [-0.4, -0.2) is 22.0 Å². The van der Waals surface area contributed by atoms with Crippen LogP contribution >= 0.6 is 0 Å². The molecule has 0 atom stereocenters. The molecule has 0 fully saturated rings. The van der Waals surface area contributed by atoms with Gasteiger partial charge >= 0.3 is 0 Å². The van der Waals surface area contributed by atoms with Crippen molar-refractivity contribution >= 4 is 17.5 Å². The Morgan fingerprint density at radius 2 is 1.84 bits per heavy atom. The van der Waals surface area contributed by atoms with Crippen molar-refractivity contribution in [3.05, 3.63) is 53.3 Å². The highest BCUT2D eigenvalue weighted by molar-refractivity contribution is 6.07. The van der Waals surface area contributed by atoms with E-state index in [0.717, 1.165) is 0 Å². The molecule has 2 rings (SSSR count). The molecule has 0 aliphatic heterocycles. The molecule has 1 aromatic heterocycles. The summed E-state index contributed by atoms with van der Waals surface area (Å²) >= 11 is 0. The van der Waals surface area contributed by atoms with E-state index < -0.39 is 11.8 Å². The van der Waals surface area contributed by atoms with Gasteiger partial charge in [0.2, 0.25) is 0 Å². The molecule has 6 nitrogen and oxygen atoms in total. The Labute approximate surface area is 109 Å². The zero-order valence-corrected chi connectivity index (χ0v) is 10.3. The topological polar surface area (TPSA) is 98.0 Å². The Bertz CT molecular complexity index is 623. The zero-order chi connectivity index (χ0) is 13.8. The normalized spacial score (nSPS) is 9.95. The molecule has 2 aromatic rings. The van der Waals surface area contributed by atoms with Crippen LogP contribution in [0.2, 0.25) is 0 Å². The minimum Gasteiger partial charge on any atom is -0.366 e. The van der Waals surface area contributed by atoms with Crippen LogP contribution in [0.1, 0.15) is 26.5 Å². The number of nitrogens with one attached hydrogen (secondary N) is 1. The van der Waals surface area contributed by atoms with Crippen molar-refractivity contribution in [1.82, 2.24) is 10.2 Å². The van der Waals surface area contributed by atoms with Crippen molar-refractivity contribution in [2.24, 2.45) is 5.73 Å². The van der Waals surface area contributed by atoms with E-state index in [1.165, 1.54) is 0 Å². The van der Waals surface area contributed by atoms with Crippen molar-refractivity contribution in [1.29, 1.82) is 0 Å². The summed E-state index contributed by atoms with van der Waals surface area (Å²) in [5, 5.41) is 10.2. The van der Waals surface area contributed by atoms with E-state index in [1.807, 2.05) is 0 Å². The summed E-state index contributed by atoms with van der Waals surface area (Å²) in [5.41, 5.74) is 6.71. The van der Waals surface area contributed by atoms with Crippen LogP contribution in [0.5, 0.6) is 0 Å². The Hall–Kier alpha value is -2.76. The predicted molar refractivity (Wildman–Crippen MR) is 69.7 cm³/mol. The van der Waals surface area contributed by atoms with Crippen molar-refractivity contribution in [3.8, 4) is 0 Å². The Morgan fingerprint density at radius 3 is 2.47 bits per heavy atom. The smallest absolute Gasteiger partial charge is 0.276 e. The van der Waals surface area contributed by atoms with Crippen LogP contribution in [0.15, 0.2) is 36.4 Å². The van der Waals surface area contributed by atoms with Crippen LogP contribution in [0.3, 0.4) is 0 Å². The Balaban J connectivity index is 2.24. The summed E-state index contributed by atoms with van der Waals surface area (Å²) in [6.45, 7) is 1.77. The zero-order valence-electron chi connectivity index (χ0n) is 10.3. The maximum atomic E-state index is 11.9. The lowest BCUT2D eigenvalue weighted by atomic mass is 10.1. The maximum Gasteiger partial charge on any atom is 0.276 e. The summed E-state index contributed by atoms with van der Waals surface area (Å²) < 4.78 is 0. The van der Waals surface area contributed by atoms with Gasteiger partial charge in [-0.25, -0.2) is 0 Å². The van der Waals surface area contributed by atoms with Gasteiger partial charge in [0.15, 0.2) is 5.69 Å². The van der Waals surface area contributed by atoms with Gasteiger partial charge in [-0.05, 0) is 31.2 Å². The lowest BCUT2D eigenvalue weighted by molar-refractivity contribution is 0.100. The third-order valence-electron chi connectivity index (χ3n) is 2.47. The molecule has 0 aliphatic carbocycles. The van der Waals surface area contributed by atoms with E-state index in [4.69, 9.17) is 5.73 Å². The fourth-order valence-electron chi connectivity index (χ4n) is 1.51. The van der Waals surface area contributed by atoms with Crippen molar-refractivity contribution in [2.45, 2.75) is 6.92 Å². The van der Waals surface area contributed by atoms with E-state index in [2.05, 4.69) is 15.5 Å². The van der Waals surface area contributed by atoms with Crippen LogP contribution in [0.25, 0.3) is 0 Å². The van der Waals surface area contributed by atoms with Gasteiger partial charge in [0, 0.05) is 0 Å². The molecule has 0 saturated heterocycles. The number of nitrogens with two attached hydrogens (primary N) is 1.